The molecule has 3 aliphatic carbocycles. The molecule has 3 aliphatic rings. The Balaban J connectivity index is 1.16. The molecule has 0 atom stereocenters. The maximum atomic E-state index is 12.5. The molecule has 3 fully saturated rings. The molecule has 0 unspecified atom stereocenters. The third kappa shape index (κ3) is 5.02. The Bertz CT molecular complexity index is 806. The van der Waals surface area contributed by atoms with Crippen LogP contribution in [-0.2, 0) is 9.59 Å². The number of carboxylic acid groups (broad SMARTS) is 1. The number of carbonyl (C=O) groups is 3. The summed E-state index contributed by atoms with van der Waals surface area (Å²) in [4.78, 5) is 35.9. The van der Waals surface area contributed by atoms with Gasteiger partial charge in [-0.3, -0.25) is 14.4 Å². The first-order valence-corrected chi connectivity index (χ1v) is 11.5. The highest BCUT2D eigenvalue weighted by molar-refractivity contribution is 5.94. The standard InChI is InChI=1S/C24H32N2O5/c27-21(25-13-14-26-23(30)24-11-9-16(15-24)10-12-24)17-1-5-19(6-2-17)31-20-7-3-18(4-8-20)22(28)29/h1-2,5-6,16,18,20H,3-4,7-15H2,(H,25,27)(H,26,30)(H,28,29). The number of hydrogen-bond donors (Lipinski definition) is 3. The van der Waals surface area contributed by atoms with E-state index >= 15 is 0 Å². The molecule has 1 aromatic carbocycles. The van der Waals surface area contributed by atoms with Crippen molar-refractivity contribution in [3.05, 3.63) is 29.8 Å². The molecular formula is C24H32N2O5. The summed E-state index contributed by atoms with van der Waals surface area (Å²) in [6.45, 7) is 0.840. The molecule has 2 bridgehead atoms. The second-order valence-corrected chi connectivity index (χ2v) is 9.39. The van der Waals surface area contributed by atoms with E-state index in [4.69, 9.17) is 9.84 Å². The monoisotopic (exact) mass is 428 g/mol. The lowest BCUT2D eigenvalue weighted by molar-refractivity contribution is -0.143. The molecule has 168 valence electrons. The van der Waals surface area contributed by atoms with Crippen LogP contribution in [0.15, 0.2) is 24.3 Å². The summed E-state index contributed by atoms with van der Waals surface area (Å²) < 4.78 is 5.94. The molecular weight excluding hydrogens is 396 g/mol. The number of aliphatic carboxylic acids is 1. The second kappa shape index (κ2) is 9.28. The molecule has 0 saturated heterocycles. The number of nitrogens with one attached hydrogen (secondary N) is 2. The van der Waals surface area contributed by atoms with Crippen LogP contribution in [0.5, 0.6) is 5.75 Å². The molecule has 0 spiro atoms. The van der Waals surface area contributed by atoms with Gasteiger partial charge in [0.1, 0.15) is 5.75 Å². The Morgan fingerprint density at radius 1 is 0.935 bits per heavy atom. The van der Waals surface area contributed by atoms with E-state index in [1.807, 2.05) is 0 Å². The van der Waals surface area contributed by atoms with E-state index in [-0.39, 0.29) is 29.3 Å². The van der Waals surface area contributed by atoms with Crippen LogP contribution in [0, 0.1) is 17.3 Å². The quantitative estimate of drug-likeness (QED) is 0.552. The summed E-state index contributed by atoms with van der Waals surface area (Å²) in [5.41, 5.74) is 0.401. The Kier molecular flexibility index (Phi) is 6.49. The van der Waals surface area contributed by atoms with Crippen LogP contribution >= 0.6 is 0 Å². The minimum atomic E-state index is -0.723. The van der Waals surface area contributed by atoms with Gasteiger partial charge in [-0.2, -0.15) is 0 Å². The van der Waals surface area contributed by atoms with Crippen molar-refractivity contribution in [1.29, 1.82) is 0 Å². The normalized spacial score (nSPS) is 29.4. The Hall–Kier alpha value is -2.57. The van der Waals surface area contributed by atoms with Gasteiger partial charge in [0.05, 0.1) is 12.0 Å². The van der Waals surface area contributed by atoms with E-state index in [2.05, 4.69) is 10.6 Å². The summed E-state index contributed by atoms with van der Waals surface area (Å²) in [7, 11) is 0. The summed E-state index contributed by atoms with van der Waals surface area (Å²) >= 11 is 0. The average Bonchev–Trinajstić information content (AvgIpc) is 3.40. The molecule has 0 radical (unpaired) electrons. The van der Waals surface area contributed by atoms with Crippen molar-refractivity contribution in [2.24, 2.45) is 17.3 Å². The number of rotatable bonds is 8. The number of amides is 2. The van der Waals surface area contributed by atoms with Gasteiger partial charge in [-0.25, -0.2) is 0 Å². The third-order valence-electron chi connectivity index (χ3n) is 7.36. The highest BCUT2D eigenvalue weighted by Crippen LogP contribution is 2.54. The minimum Gasteiger partial charge on any atom is -0.490 e. The van der Waals surface area contributed by atoms with Gasteiger partial charge in [0, 0.05) is 24.1 Å². The summed E-state index contributed by atoms with van der Waals surface area (Å²) in [5.74, 6) is 0.413. The fourth-order valence-electron chi connectivity index (χ4n) is 5.46. The molecule has 3 saturated carbocycles. The third-order valence-corrected chi connectivity index (χ3v) is 7.36. The van der Waals surface area contributed by atoms with Gasteiger partial charge in [0.25, 0.3) is 5.91 Å². The van der Waals surface area contributed by atoms with Crippen molar-refractivity contribution < 1.29 is 24.2 Å². The van der Waals surface area contributed by atoms with E-state index in [0.717, 1.165) is 38.0 Å². The summed E-state index contributed by atoms with van der Waals surface area (Å²) in [6, 6.07) is 7.00. The van der Waals surface area contributed by atoms with Gasteiger partial charge in [-0.05, 0) is 88.0 Å². The van der Waals surface area contributed by atoms with Crippen molar-refractivity contribution in [1.82, 2.24) is 10.6 Å². The van der Waals surface area contributed by atoms with Crippen LogP contribution in [0.4, 0.5) is 0 Å². The van der Waals surface area contributed by atoms with E-state index in [1.165, 1.54) is 12.8 Å². The largest absolute Gasteiger partial charge is 0.490 e. The minimum absolute atomic E-state index is 0.0216. The van der Waals surface area contributed by atoms with Crippen molar-refractivity contribution >= 4 is 17.8 Å². The predicted molar refractivity (Wildman–Crippen MR) is 115 cm³/mol. The van der Waals surface area contributed by atoms with Crippen LogP contribution in [0.3, 0.4) is 0 Å². The number of benzene rings is 1. The van der Waals surface area contributed by atoms with E-state index in [1.54, 1.807) is 24.3 Å². The zero-order valence-corrected chi connectivity index (χ0v) is 17.9. The van der Waals surface area contributed by atoms with Crippen LogP contribution in [0.25, 0.3) is 0 Å². The van der Waals surface area contributed by atoms with Crippen molar-refractivity contribution in [3.63, 3.8) is 0 Å². The molecule has 1 aromatic rings. The molecule has 0 aliphatic heterocycles. The molecule has 7 nitrogen and oxygen atoms in total. The van der Waals surface area contributed by atoms with E-state index < -0.39 is 5.97 Å². The Labute approximate surface area is 182 Å². The van der Waals surface area contributed by atoms with Crippen molar-refractivity contribution in [2.75, 3.05) is 13.1 Å². The topological polar surface area (TPSA) is 105 Å². The lowest BCUT2D eigenvalue weighted by atomic mass is 9.83. The molecule has 3 N–H and O–H groups in total. The molecule has 4 rings (SSSR count). The Morgan fingerprint density at radius 2 is 1.58 bits per heavy atom. The van der Waals surface area contributed by atoms with E-state index in [9.17, 15) is 14.4 Å². The van der Waals surface area contributed by atoms with Crippen molar-refractivity contribution in [2.45, 2.75) is 63.9 Å². The average molecular weight is 429 g/mol. The smallest absolute Gasteiger partial charge is 0.306 e. The molecule has 7 heteroatoms. The number of ether oxygens (including phenoxy) is 1. The number of hydrogen-bond acceptors (Lipinski definition) is 4. The molecule has 2 amide bonds. The first kappa shape index (κ1) is 21.7. The van der Waals surface area contributed by atoms with Gasteiger partial charge in [-0.15, -0.1) is 0 Å². The molecule has 0 heterocycles. The molecule has 0 aromatic heterocycles. The predicted octanol–water partition coefficient (Wildman–Crippen LogP) is 3.14. The number of carboxylic acids is 1. The van der Waals surface area contributed by atoms with Gasteiger partial charge in [-0.1, -0.05) is 0 Å². The second-order valence-electron chi connectivity index (χ2n) is 9.39. The van der Waals surface area contributed by atoms with Gasteiger partial charge < -0.3 is 20.5 Å². The maximum Gasteiger partial charge on any atom is 0.306 e. The fourth-order valence-corrected chi connectivity index (χ4v) is 5.46. The maximum absolute atomic E-state index is 12.5. The summed E-state index contributed by atoms with van der Waals surface area (Å²) in [6.07, 6.45) is 8.14. The highest BCUT2D eigenvalue weighted by atomic mass is 16.5. The fraction of sp³-hybridized carbons (Fsp3) is 0.625. The zero-order chi connectivity index (χ0) is 21.8. The van der Waals surface area contributed by atoms with Gasteiger partial charge >= 0.3 is 5.97 Å². The van der Waals surface area contributed by atoms with Gasteiger partial charge in [0.2, 0.25) is 5.91 Å². The van der Waals surface area contributed by atoms with Crippen LogP contribution in [-0.4, -0.2) is 42.1 Å². The highest BCUT2D eigenvalue weighted by Gasteiger charge is 2.49. The lowest BCUT2D eigenvalue weighted by Gasteiger charge is -2.26. The first-order valence-electron chi connectivity index (χ1n) is 11.5. The number of carbonyl (C=O) groups excluding carboxylic acids is 2. The first-order chi connectivity index (χ1) is 14.9. The van der Waals surface area contributed by atoms with Crippen LogP contribution in [0.1, 0.15) is 68.1 Å². The van der Waals surface area contributed by atoms with Crippen LogP contribution in [0.2, 0.25) is 0 Å². The number of fused-ring (bicyclic) bond motifs is 2. The van der Waals surface area contributed by atoms with Crippen LogP contribution < -0.4 is 15.4 Å². The zero-order valence-electron chi connectivity index (χ0n) is 17.9. The molecule has 31 heavy (non-hydrogen) atoms. The van der Waals surface area contributed by atoms with Gasteiger partial charge in [0.15, 0.2) is 0 Å². The SMILES string of the molecule is O=C(NCCNC(=O)C12CCC(CC1)C2)c1ccc(OC2CCC(C(=O)O)CC2)cc1. The Morgan fingerprint density at radius 3 is 2.16 bits per heavy atom. The van der Waals surface area contributed by atoms with E-state index in [0.29, 0.717) is 37.2 Å². The lowest BCUT2D eigenvalue weighted by Crippen LogP contribution is -2.42. The summed E-state index contributed by atoms with van der Waals surface area (Å²) in [5, 5.41) is 14.9. The van der Waals surface area contributed by atoms with Crippen molar-refractivity contribution in [3.8, 4) is 5.75 Å².